The van der Waals surface area contributed by atoms with Crippen molar-refractivity contribution in [3.05, 3.63) is 40.2 Å². The van der Waals surface area contributed by atoms with Gasteiger partial charge in [-0.2, -0.15) is 13.2 Å². The van der Waals surface area contributed by atoms with Gasteiger partial charge in [0.2, 0.25) is 0 Å². The van der Waals surface area contributed by atoms with E-state index in [0.717, 1.165) is 12.1 Å². The van der Waals surface area contributed by atoms with Crippen LogP contribution in [0.1, 0.15) is 10.5 Å². The minimum Gasteiger partial charge on any atom is -0.484 e. The lowest BCUT2D eigenvalue weighted by atomic mass is 10.2. The third-order valence-electron chi connectivity index (χ3n) is 2.43. The second-order valence-corrected chi connectivity index (χ2v) is 3.96. The summed E-state index contributed by atoms with van der Waals surface area (Å²) in [6, 6.07) is 4.49. The summed E-state index contributed by atoms with van der Waals surface area (Å²) in [5.74, 6) is -1.43. The lowest BCUT2D eigenvalue weighted by Gasteiger charge is -2.09. The van der Waals surface area contributed by atoms with E-state index >= 15 is 0 Å². The molecule has 0 unspecified atom stereocenters. The topological polar surface area (TPSA) is 79.4 Å². The number of hydrogen-bond acceptors (Lipinski definition) is 3. The number of H-pyrrole nitrogens is 1. The molecule has 0 bridgehead atoms. The number of benzene rings is 1. The Labute approximate surface area is 109 Å². The number of aromatic carboxylic acids is 1. The van der Waals surface area contributed by atoms with Gasteiger partial charge < -0.3 is 14.8 Å². The second kappa shape index (κ2) is 4.87. The van der Waals surface area contributed by atoms with Gasteiger partial charge >= 0.3 is 12.1 Å². The fraction of sp³-hybridized carbons (Fsp3) is 0.167. The van der Waals surface area contributed by atoms with E-state index in [1.54, 1.807) is 0 Å². The molecule has 2 rings (SSSR count). The number of pyridine rings is 1. The Morgan fingerprint density at radius 2 is 2.00 bits per heavy atom. The number of alkyl halides is 3. The summed E-state index contributed by atoms with van der Waals surface area (Å²) in [4.78, 5) is 24.9. The van der Waals surface area contributed by atoms with Gasteiger partial charge in [0.05, 0.1) is 5.52 Å². The van der Waals surface area contributed by atoms with E-state index in [4.69, 9.17) is 5.11 Å². The predicted molar refractivity (Wildman–Crippen MR) is 63.1 cm³/mol. The van der Waals surface area contributed by atoms with Gasteiger partial charge in [-0.05, 0) is 18.2 Å². The van der Waals surface area contributed by atoms with Crippen molar-refractivity contribution in [1.29, 1.82) is 0 Å². The Morgan fingerprint density at radius 3 is 2.60 bits per heavy atom. The molecule has 0 aliphatic rings. The highest BCUT2D eigenvalue weighted by molar-refractivity contribution is 5.90. The van der Waals surface area contributed by atoms with E-state index < -0.39 is 24.2 Å². The van der Waals surface area contributed by atoms with E-state index in [0.29, 0.717) is 0 Å². The number of aromatic amines is 1. The maximum absolute atomic E-state index is 12.0. The van der Waals surface area contributed by atoms with Gasteiger partial charge in [0.1, 0.15) is 11.4 Å². The van der Waals surface area contributed by atoms with Gasteiger partial charge in [0.25, 0.3) is 0 Å². The smallest absolute Gasteiger partial charge is 0.422 e. The summed E-state index contributed by atoms with van der Waals surface area (Å²) in [5.41, 5.74) is -0.714. The third kappa shape index (κ3) is 3.08. The molecule has 0 spiro atoms. The zero-order valence-electron chi connectivity index (χ0n) is 9.82. The molecule has 0 atom stereocenters. The molecule has 1 aromatic heterocycles. The zero-order valence-corrected chi connectivity index (χ0v) is 9.82. The van der Waals surface area contributed by atoms with Crippen LogP contribution in [-0.2, 0) is 0 Å². The summed E-state index contributed by atoms with van der Waals surface area (Å²) < 4.78 is 40.6. The molecule has 0 aliphatic heterocycles. The molecule has 20 heavy (non-hydrogen) atoms. The number of halogens is 3. The standard InChI is InChI=1S/C12H8F3NO4/c13-12(14,15)5-20-6-1-2-8-7(3-6)10(17)4-9(16-8)11(18)19/h1-4H,5H2,(H,16,17)(H,18,19). The number of carboxylic acid groups (broad SMARTS) is 1. The van der Waals surface area contributed by atoms with Crippen LogP contribution < -0.4 is 10.2 Å². The SMILES string of the molecule is O=C(O)c1cc(=O)c2cc(OCC(F)(F)F)ccc2[nH]1. The van der Waals surface area contributed by atoms with Crippen molar-refractivity contribution >= 4 is 16.9 Å². The van der Waals surface area contributed by atoms with Gasteiger partial charge in [0.15, 0.2) is 12.0 Å². The van der Waals surface area contributed by atoms with Crippen LogP contribution in [0.2, 0.25) is 0 Å². The van der Waals surface area contributed by atoms with Gasteiger partial charge in [-0.1, -0.05) is 0 Å². The van der Waals surface area contributed by atoms with E-state index in [-0.39, 0.29) is 22.3 Å². The monoisotopic (exact) mass is 287 g/mol. The molecule has 1 aromatic carbocycles. The van der Waals surface area contributed by atoms with E-state index in [1.165, 1.54) is 12.1 Å². The summed E-state index contributed by atoms with van der Waals surface area (Å²) in [6.45, 7) is -1.47. The average molecular weight is 287 g/mol. The van der Waals surface area contributed by atoms with Gasteiger partial charge in [-0.25, -0.2) is 4.79 Å². The first-order valence-corrected chi connectivity index (χ1v) is 5.36. The van der Waals surface area contributed by atoms with Crippen LogP contribution in [0, 0.1) is 0 Å². The maximum atomic E-state index is 12.0. The minimum absolute atomic E-state index is 0.0506. The molecule has 8 heteroatoms. The highest BCUT2D eigenvalue weighted by Gasteiger charge is 2.28. The molecule has 0 amide bonds. The molecular weight excluding hydrogens is 279 g/mol. The number of carboxylic acids is 1. The number of aromatic nitrogens is 1. The lowest BCUT2D eigenvalue weighted by molar-refractivity contribution is -0.153. The van der Waals surface area contributed by atoms with Crippen LogP contribution in [-0.4, -0.2) is 28.8 Å². The van der Waals surface area contributed by atoms with Crippen molar-refractivity contribution in [2.45, 2.75) is 6.18 Å². The minimum atomic E-state index is -4.48. The lowest BCUT2D eigenvalue weighted by Crippen LogP contribution is -2.19. The zero-order chi connectivity index (χ0) is 14.9. The molecular formula is C12H8F3NO4. The summed E-state index contributed by atoms with van der Waals surface area (Å²) in [5, 5.41) is 8.83. The third-order valence-corrected chi connectivity index (χ3v) is 2.43. The first-order valence-electron chi connectivity index (χ1n) is 5.36. The Kier molecular flexibility index (Phi) is 3.39. The predicted octanol–water partition coefficient (Wildman–Crippen LogP) is 2.17. The Morgan fingerprint density at radius 1 is 1.30 bits per heavy atom. The number of hydrogen-bond donors (Lipinski definition) is 2. The molecule has 0 aliphatic carbocycles. The number of fused-ring (bicyclic) bond motifs is 1. The Bertz CT molecular complexity index is 721. The maximum Gasteiger partial charge on any atom is 0.422 e. The highest BCUT2D eigenvalue weighted by atomic mass is 19.4. The van der Waals surface area contributed by atoms with Crippen LogP contribution in [0.4, 0.5) is 13.2 Å². The second-order valence-electron chi connectivity index (χ2n) is 3.96. The van der Waals surface area contributed by atoms with Crippen molar-refractivity contribution < 1.29 is 27.8 Å². The molecule has 1 heterocycles. The summed E-state index contributed by atoms with van der Waals surface area (Å²) >= 11 is 0. The number of nitrogens with one attached hydrogen (secondary N) is 1. The van der Waals surface area contributed by atoms with Gasteiger partial charge in [-0.3, -0.25) is 4.79 Å². The first-order chi connectivity index (χ1) is 9.26. The molecule has 0 fully saturated rings. The van der Waals surface area contributed by atoms with Gasteiger partial charge in [0, 0.05) is 11.5 Å². The van der Waals surface area contributed by atoms with Crippen LogP contribution in [0.15, 0.2) is 29.1 Å². The van der Waals surface area contributed by atoms with Crippen molar-refractivity contribution in [2.75, 3.05) is 6.61 Å². The normalized spacial score (nSPS) is 11.6. The first kappa shape index (κ1) is 13.9. The molecule has 2 N–H and O–H groups in total. The van der Waals surface area contributed by atoms with Crippen molar-refractivity contribution in [3.63, 3.8) is 0 Å². The van der Waals surface area contributed by atoms with Gasteiger partial charge in [-0.15, -0.1) is 0 Å². The Hall–Kier alpha value is -2.51. The molecule has 0 saturated carbocycles. The van der Waals surface area contributed by atoms with Crippen LogP contribution in [0.5, 0.6) is 5.75 Å². The van der Waals surface area contributed by atoms with Crippen molar-refractivity contribution in [2.24, 2.45) is 0 Å². The van der Waals surface area contributed by atoms with E-state index in [2.05, 4.69) is 9.72 Å². The van der Waals surface area contributed by atoms with Crippen LogP contribution >= 0.6 is 0 Å². The molecule has 106 valence electrons. The number of rotatable bonds is 3. The van der Waals surface area contributed by atoms with Crippen LogP contribution in [0.3, 0.4) is 0 Å². The quantitative estimate of drug-likeness (QED) is 0.906. The summed E-state index contributed by atoms with van der Waals surface area (Å²) in [6.07, 6.45) is -4.48. The van der Waals surface area contributed by atoms with E-state index in [1.807, 2.05) is 0 Å². The molecule has 0 radical (unpaired) electrons. The fourth-order valence-corrected chi connectivity index (χ4v) is 1.60. The number of carbonyl (C=O) groups is 1. The van der Waals surface area contributed by atoms with Crippen molar-refractivity contribution in [1.82, 2.24) is 4.98 Å². The average Bonchev–Trinajstić information content (AvgIpc) is 2.35. The number of ether oxygens (including phenoxy) is 1. The van der Waals surface area contributed by atoms with Crippen molar-refractivity contribution in [3.8, 4) is 5.75 Å². The Balaban J connectivity index is 2.40. The summed E-state index contributed by atoms with van der Waals surface area (Å²) in [7, 11) is 0. The molecule has 2 aromatic rings. The molecule has 0 saturated heterocycles. The van der Waals surface area contributed by atoms with Crippen LogP contribution in [0.25, 0.3) is 10.9 Å². The van der Waals surface area contributed by atoms with E-state index in [9.17, 15) is 22.8 Å². The fourth-order valence-electron chi connectivity index (χ4n) is 1.60. The largest absolute Gasteiger partial charge is 0.484 e. The highest BCUT2D eigenvalue weighted by Crippen LogP contribution is 2.21. The molecule has 5 nitrogen and oxygen atoms in total.